The highest BCUT2D eigenvalue weighted by molar-refractivity contribution is 7.80. The molecule has 1 amide bonds. The number of nitrogens with zero attached hydrogens (tertiary/aromatic N) is 2. The molecule has 1 fully saturated rings. The van der Waals surface area contributed by atoms with Gasteiger partial charge in [-0.05, 0) is 36.8 Å². The molecule has 106 valence electrons. The average molecular weight is 296 g/mol. The molecule has 1 aliphatic rings. The van der Waals surface area contributed by atoms with Gasteiger partial charge < -0.3 is 4.90 Å². The molecule has 3 nitrogen and oxygen atoms in total. The molecular weight excluding hydrogens is 280 g/mol. The number of para-hydroxylation sites is 1. The molecular formula is C17H16N2OS. The number of benzene rings is 2. The molecule has 4 heteroatoms. The van der Waals surface area contributed by atoms with E-state index in [0.717, 1.165) is 11.3 Å². The van der Waals surface area contributed by atoms with Gasteiger partial charge in [-0.25, -0.2) is 0 Å². The first-order valence-electron chi connectivity index (χ1n) is 6.82. The fourth-order valence-corrected chi connectivity index (χ4v) is 2.88. The van der Waals surface area contributed by atoms with E-state index in [0.29, 0.717) is 5.11 Å². The zero-order valence-electron chi connectivity index (χ0n) is 12.0. The summed E-state index contributed by atoms with van der Waals surface area (Å²) in [5, 5.41) is 0.539. The maximum atomic E-state index is 12.8. The van der Waals surface area contributed by atoms with E-state index >= 15 is 0 Å². The fraction of sp³-hybridized carbons (Fsp3) is 0.176. The van der Waals surface area contributed by atoms with Crippen LogP contribution < -0.4 is 4.90 Å². The Balaban J connectivity index is 1.99. The van der Waals surface area contributed by atoms with Crippen molar-refractivity contribution in [2.24, 2.45) is 0 Å². The van der Waals surface area contributed by atoms with E-state index in [4.69, 9.17) is 12.2 Å². The molecule has 0 unspecified atom stereocenters. The van der Waals surface area contributed by atoms with Crippen LogP contribution in [0.1, 0.15) is 17.2 Å². The standard InChI is InChI=1S/C17H16N2OS/c1-12-8-10-13(11-9-12)15-16(20)19(17(21)18(15)2)14-6-4-3-5-7-14/h3-11,15H,1-2H3/t15-/m1/s1. The van der Waals surface area contributed by atoms with Crippen molar-refractivity contribution in [3.05, 3.63) is 65.7 Å². The lowest BCUT2D eigenvalue weighted by Crippen LogP contribution is -2.30. The fourth-order valence-electron chi connectivity index (χ4n) is 2.58. The third-order valence-corrected chi connectivity index (χ3v) is 4.21. The zero-order chi connectivity index (χ0) is 15.0. The summed E-state index contributed by atoms with van der Waals surface area (Å²) in [6, 6.07) is 17.2. The van der Waals surface area contributed by atoms with Crippen LogP contribution in [0.2, 0.25) is 0 Å². The maximum Gasteiger partial charge on any atom is 0.260 e. The van der Waals surface area contributed by atoms with Crippen LogP contribution in [0.5, 0.6) is 0 Å². The van der Waals surface area contributed by atoms with E-state index in [1.807, 2.05) is 73.5 Å². The van der Waals surface area contributed by atoms with E-state index in [-0.39, 0.29) is 11.9 Å². The van der Waals surface area contributed by atoms with E-state index < -0.39 is 0 Å². The number of likely N-dealkylation sites (N-methyl/N-ethyl adjacent to an activating group) is 1. The van der Waals surface area contributed by atoms with Crippen molar-refractivity contribution in [3.8, 4) is 0 Å². The molecule has 0 aromatic heterocycles. The molecule has 0 spiro atoms. The van der Waals surface area contributed by atoms with Gasteiger partial charge in [0.1, 0.15) is 6.04 Å². The molecule has 0 bridgehead atoms. The highest BCUT2D eigenvalue weighted by Crippen LogP contribution is 2.33. The number of aryl methyl sites for hydroxylation is 1. The Hall–Kier alpha value is -2.20. The molecule has 21 heavy (non-hydrogen) atoms. The third-order valence-electron chi connectivity index (χ3n) is 3.74. The van der Waals surface area contributed by atoms with Crippen molar-refractivity contribution in [1.82, 2.24) is 4.90 Å². The highest BCUT2D eigenvalue weighted by atomic mass is 32.1. The lowest BCUT2D eigenvalue weighted by atomic mass is 10.0. The van der Waals surface area contributed by atoms with Gasteiger partial charge in [0.15, 0.2) is 5.11 Å². The summed E-state index contributed by atoms with van der Waals surface area (Å²) in [7, 11) is 1.87. The van der Waals surface area contributed by atoms with Crippen LogP contribution in [0, 0.1) is 6.92 Å². The lowest BCUT2D eigenvalue weighted by Gasteiger charge is -2.18. The SMILES string of the molecule is Cc1ccc([C@@H]2C(=O)N(c3ccccc3)C(=S)N2C)cc1. The van der Waals surface area contributed by atoms with Gasteiger partial charge in [0.2, 0.25) is 0 Å². The summed E-state index contributed by atoms with van der Waals surface area (Å²) < 4.78 is 0. The molecule has 0 radical (unpaired) electrons. The molecule has 1 aliphatic heterocycles. The minimum atomic E-state index is -0.349. The van der Waals surface area contributed by atoms with E-state index in [1.165, 1.54) is 5.56 Å². The Labute approximate surface area is 129 Å². The topological polar surface area (TPSA) is 23.6 Å². The van der Waals surface area contributed by atoms with E-state index in [9.17, 15) is 4.79 Å². The van der Waals surface area contributed by atoms with Gasteiger partial charge in [-0.3, -0.25) is 9.69 Å². The third kappa shape index (κ3) is 2.32. The van der Waals surface area contributed by atoms with Gasteiger partial charge in [0, 0.05) is 7.05 Å². The molecule has 0 saturated carbocycles. The van der Waals surface area contributed by atoms with Gasteiger partial charge in [0.05, 0.1) is 5.69 Å². The first kappa shape index (κ1) is 13.8. The molecule has 1 atom stereocenters. The molecule has 0 aliphatic carbocycles. The first-order valence-corrected chi connectivity index (χ1v) is 7.23. The van der Waals surface area contributed by atoms with Crippen molar-refractivity contribution >= 4 is 28.9 Å². The molecule has 0 N–H and O–H groups in total. The normalized spacial score (nSPS) is 18.5. The number of hydrogen-bond acceptors (Lipinski definition) is 2. The Morgan fingerprint density at radius 1 is 1.00 bits per heavy atom. The van der Waals surface area contributed by atoms with E-state index in [1.54, 1.807) is 4.90 Å². The Bertz CT molecular complexity index is 682. The molecule has 1 saturated heterocycles. The lowest BCUT2D eigenvalue weighted by molar-refractivity contribution is -0.119. The van der Waals surface area contributed by atoms with Crippen molar-refractivity contribution in [2.75, 3.05) is 11.9 Å². The summed E-state index contributed by atoms with van der Waals surface area (Å²) in [6.45, 7) is 2.03. The quantitative estimate of drug-likeness (QED) is 0.794. The monoisotopic (exact) mass is 296 g/mol. The molecule has 1 heterocycles. The van der Waals surface area contributed by atoms with Crippen LogP contribution in [0.4, 0.5) is 5.69 Å². The smallest absolute Gasteiger partial charge is 0.260 e. The summed E-state index contributed by atoms with van der Waals surface area (Å²) in [4.78, 5) is 16.3. The minimum absolute atomic E-state index is 0.00227. The number of amides is 1. The van der Waals surface area contributed by atoms with Gasteiger partial charge in [0.25, 0.3) is 5.91 Å². The van der Waals surface area contributed by atoms with Crippen LogP contribution >= 0.6 is 12.2 Å². The van der Waals surface area contributed by atoms with Crippen LogP contribution in [0.25, 0.3) is 0 Å². The summed E-state index contributed by atoms with van der Waals surface area (Å²) in [6.07, 6.45) is 0. The number of carbonyl (C=O) groups is 1. The second kappa shape index (κ2) is 5.30. The second-order valence-corrected chi connectivity index (χ2v) is 5.58. The highest BCUT2D eigenvalue weighted by Gasteiger charge is 2.41. The number of rotatable bonds is 2. The Morgan fingerprint density at radius 3 is 2.24 bits per heavy atom. The van der Waals surface area contributed by atoms with Crippen LogP contribution in [0.15, 0.2) is 54.6 Å². The van der Waals surface area contributed by atoms with Crippen molar-refractivity contribution < 1.29 is 4.79 Å². The first-order chi connectivity index (χ1) is 10.1. The van der Waals surface area contributed by atoms with Crippen LogP contribution in [-0.2, 0) is 4.79 Å². The number of hydrogen-bond donors (Lipinski definition) is 0. The van der Waals surface area contributed by atoms with Gasteiger partial charge in [-0.2, -0.15) is 0 Å². The van der Waals surface area contributed by atoms with Gasteiger partial charge in [-0.15, -0.1) is 0 Å². The predicted octanol–water partition coefficient (Wildman–Crippen LogP) is 3.30. The summed E-state index contributed by atoms with van der Waals surface area (Å²) in [5.74, 6) is -0.00227. The minimum Gasteiger partial charge on any atom is -0.336 e. The van der Waals surface area contributed by atoms with Gasteiger partial charge >= 0.3 is 0 Å². The zero-order valence-corrected chi connectivity index (χ0v) is 12.8. The predicted molar refractivity (Wildman–Crippen MR) is 88.2 cm³/mol. The summed E-state index contributed by atoms with van der Waals surface area (Å²) in [5.41, 5.74) is 2.96. The largest absolute Gasteiger partial charge is 0.336 e. The van der Waals surface area contributed by atoms with Crippen molar-refractivity contribution in [1.29, 1.82) is 0 Å². The van der Waals surface area contributed by atoms with Crippen molar-refractivity contribution in [2.45, 2.75) is 13.0 Å². The number of anilines is 1. The Kier molecular flexibility index (Phi) is 3.47. The van der Waals surface area contributed by atoms with E-state index in [2.05, 4.69) is 0 Å². The van der Waals surface area contributed by atoms with Gasteiger partial charge in [-0.1, -0.05) is 48.0 Å². The maximum absolute atomic E-state index is 12.8. The van der Waals surface area contributed by atoms with Crippen molar-refractivity contribution in [3.63, 3.8) is 0 Å². The average Bonchev–Trinajstić information content (AvgIpc) is 2.72. The second-order valence-electron chi connectivity index (χ2n) is 5.22. The Morgan fingerprint density at radius 2 is 1.62 bits per heavy atom. The molecule has 3 rings (SSSR count). The van der Waals surface area contributed by atoms with Crippen LogP contribution in [0.3, 0.4) is 0 Å². The summed E-state index contributed by atoms with van der Waals surface area (Å²) >= 11 is 5.46. The molecule has 2 aromatic carbocycles. The number of carbonyl (C=O) groups excluding carboxylic acids is 1. The van der Waals surface area contributed by atoms with Crippen LogP contribution in [-0.4, -0.2) is 23.0 Å². The number of thiocarbonyl (C=S) groups is 1. The molecule has 2 aromatic rings.